The van der Waals surface area contributed by atoms with E-state index in [9.17, 15) is 0 Å². The maximum Gasteiger partial charge on any atom is 0.0640 e. The Morgan fingerprint density at radius 2 is 2.20 bits per heavy atom. The second-order valence-electron chi connectivity index (χ2n) is 4.81. The fourth-order valence-corrected chi connectivity index (χ4v) is 2.99. The van der Waals surface area contributed by atoms with E-state index in [0.717, 1.165) is 17.5 Å². The molecule has 1 heterocycles. The van der Waals surface area contributed by atoms with Gasteiger partial charge in [0, 0.05) is 12.5 Å². The molecule has 2 heteroatoms. The third-order valence-electron chi connectivity index (χ3n) is 3.85. The summed E-state index contributed by atoms with van der Waals surface area (Å²) in [7, 11) is 0. The number of para-hydroxylation sites is 1. The van der Waals surface area contributed by atoms with Crippen LogP contribution >= 0.6 is 11.6 Å². The molecule has 0 radical (unpaired) electrons. The Bertz CT molecular complexity index is 371. The molecule has 1 fully saturated rings. The van der Waals surface area contributed by atoms with Crippen molar-refractivity contribution < 1.29 is 0 Å². The van der Waals surface area contributed by atoms with Crippen LogP contribution in [-0.2, 0) is 0 Å². The zero-order valence-corrected chi connectivity index (χ0v) is 9.56. The average molecular weight is 222 g/mol. The van der Waals surface area contributed by atoms with Gasteiger partial charge in [-0.3, -0.25) is 0 Å². The Morgan fingerprint density at radius 3 is 2.93 bits per heavy atom. The van der Waals surface area contributed by atoms with Crippen molar-refractivity contribution in [3.8, 4) is 0 Å². The standard InChI is InChI=1S/C13H16ClN/c14-12-6-2-5-11-10(8-15-13(11)12)7-9-3-1-4-9/h2,5-6,9-10,15H,1,3-4,7-8H2. The van der Waals surface area contributed by atoms with E-state index in [4.69, 9.17) is 11.6 Å². The molecule has 1 unspecified atom stereocenters. The van der Waals surface area contributed by atoms with Crippen LogP contribution in [0.25, 0.3) is 0 Å². The minimum absolute atomic E-state index is 0.698. The summed E-state index contributed by atoms with van der Waals surface area (Å²) >= 11 is 6.16. The quantitative estimate of drug-likeness (QED) is 0.795. The summed E-state index contributed by atoms with van der Waals surface area (Å²) in [4.78, 5) is 0. The Hall–Kier alpha value is -0.690. The van der Waals surface area contributed by atoms with Gasteiger partial charge in [-0.1, -0.05) is 43.0 Å². The highest BCUT2D eigenvalue weighted by atomic mass is 35.5. The SMILES string of the molecule is Clc1cccc2c1NCC2CC1CCC1. The van der Waals surface area contributed by atoms with E-state index in [1.165, 1.54) is 36.9 Å². The molecule has 0 aromatic heterocycles. The largest absolute Gasteiger partial charge is 0.383 e. The van der Waals surface area contributed by atoms with Crippen LogP contribution in [0.15, 0.2) is 18.2 Å². The zero-order chi connectivity index (χ0) is 10.3. The third kappa shape index (κ3) is 1.63. The summed E-state index contributed by atoms with van der Waals surface area (Å²) < 4.78 is 0. The second kappa shape index (κ2) is 3.71. The smallest absolute Gasteiger partial charge is 0.0640 e. The van der Waals surface area contributed by atoms with Crippen LogP contribution in [0.1, 0.15) is 37.2 Å². The lowest BCUT2D eigenvalue weighted by atomic mass is 9.78. The predicted octanol–water partition coefficient (Wildman–Crippen LogP) is 4.04. The van der Waals surface area contributed by atoms with Crippen LogP contribution in [0.3, 0.4) is 0 Å². The van der Waals surface area contributed by atoms with Gasteiger partial charge in [0.25, 0.3) is 0 Å². The van der Waals surface area contributed by atoms with E-state index in [1.54, 1.807) is 0 Å². The van der Waals surface area contributed by atoms with Crippen molar-refractivity contribution in [2.45, 2.75) is 31.6 Å². The average Bonchev–Trinajstić information content (AvgIpc) is 2.56. The molecule has 1 aliphatic heterocycles. The van der Waals surface area contributed by atoms with E-state index in [2.05, 4.69) is 17.4 Å². The van der Waals surface area contributed by atoms with Gasteiger partial charge in [-0.15, -0.1) is 0 Å². The highest BCUT2D eigenvalue weighted by Gasteiger charge is 2.28. The maximum atomic E-state index is 6.16. The highest BCUT2D eigenvalue weighted by Crippen LogP contribution is 2.43. The molecule has 1 aromatic carbocycles. The van der Waals surface area contributed by atoms with Gasteiger partial charge in [-0.25, -0.2) is 0 Å². The van der Waals surface area contributed by atoms with E-state index >= 15 is 0 Å². The van der Waals surface area contributed by atoms with Gasteiger partial charge in [0.05, 0.1) is 10.7 Å². The first-order valence-electron chi connectivity index (χ1n) is 5.87. The number of benzene rings is 1. The maximum absolute atomic E-state index is 6.16. The molecule has 1 atom stereocenters. The van der Waals surface area contributed by atoms with Gasteiger partial charge in [-0.2, -0.15) is 0 Å². The molecule has 15 heavy (non-hydrogen) atoms. The first-order chi connectivity index (χ1) is 7.34. The molecule has 1 aromatic rings. The third-order valence-corrected chi connectivity index (χ3v) is 4.17. The van der Waals surface area contributed by atoms with Crippen molar-refractivity contribution in [2.24, 2.45) is 5.92 Å². The van der Waals surface area contributed by atoms with Gasteiger partial charge in [-0.05, 0) is 24.0 Å². The highest BCUT2D eigenvalue weighted by molar-refractivity contribution is 6.33. The Labute approximate surface area is 95.8 Å². The number of halogens is 1. The molecule has 3 rings (SSSR count). The van der Waals surface area contributed by atoms with Gasteiger partial charge >= 0.3 is 0 Å². The lowest BCUT2D eigenvalue weighted by Crippen LogP contribution is -2.16. The molecule has 1 aliphatic carbocycles. The van der Waals surface area contributed by atoms with Crippen LogP contribution in [0.5, 0.6) is 0 Å². The Kier molecular flexibility index (Phi) is 2.36. The summed E-state index contributed by atoms with van der Waals surface area (Å²) in [5.74, 6) is 1.67. The zero-order valence-electron chi connectivity index (χ0n) is 8.80. The fourth-order valence-electron chi connectivity index (χ4n) is 2.74. The number of hydrogen-bond acceptors (Lipinski definition) is 1. The Morgan fingerprint density at radius 1 is 1.33 bits per heavy atom. The minimum atomic E-state index is 0.698. The number of anilines is 1. The van der Waals surface area contributed by atoms with Gasteiger partial charge in [0.15, 0.2) is 0 Å². The van der Waals surface area contributed by atoms with E-state index in [-0.39, 0.29) is 0 Å². The van der Waals surface area contributed by atoms with Crippen LogP contribution in [0.4, 0.5) is 5.69 Å². The Balaban J connectivity index is 1.81. The van der Waals surface area contributed by atoms with Crippen molar-refractivity contribution in [1.29, 1.82) is 0 Å². The molecule has 1 nitrogen and oxygen atoms in total. The lowest BCUT2D eigenvalue weighted by Gasteiger charge is -2.27. The van der Waals surface area contributed by atoms with Crippen molar-refractivity contribution in [3.63, 3.8) is 0 Å². The van der Waals surface area contributed by atoms with E-state index in [0.29, 0.717) is 5.92 Å². The van der Waals surface area contributed by atoms with Crippen LogP contribution in [0, 0.1) is 5.92 Å². The first-order valence-corrected chi connectivity index (χ1v) is 6.24. The topological polar surface area (TPSA) is 12.0 Å². The molecule has 1 saturated carbocycles. The number of nitrogens with one attached hydrogen (secondary N) is 1. The van der Waals surface area contributed by atoms with Crippen LogP contribution in [-0.4, -0.2) is 6.54 Å². The normalized spacial score (nSPS) is 24.5. The fraction of sp³-hybridized carbons (Fsp3) is 0.538. The van der Waals surface area contributed by atoms with Crippen molar-refractivity contribution in [3.05, 3.63) is 28.8 Å². The minimum Gasteiger partial charge on any atom is -0.383 e. The predicted molar refractivity (Wildman–Crippen MR) is 64.6 cm³/mol. The van der Waals surface area contributed by atoms with Crippen LogP contribution < -0.4 is 5.32 Å². The number of rotatable bonds is 2. The number of fused-ring (bicyclic) bond motifs is 1. The summed E-state index contributed by atoms with van der Waals surface area (Å²) in [6.45, 7) is 1.08. The molecule has 0 saturated heterocycles. The van der Waals surface area contributed by atoms with Gasteiger partial charge in [0.2, 0.25) is 0 Å². The van der Waals surface area contributed by atoms with Gasteiger partial charge < -0.3 is 5.32 Å². The summed E-state index contributed by atoms with van der Waals surface area (Å²) in [5, 5.41) is 4.32. The summed E-state index contributed by atoms with van der Waals surface area (Å²) in [6, 6.07) is 6.27. The van der Waals surface area contributed by atoms with E-state index in [1.807, 2.05) is 6.07 Å². The van der Waals surface area contributed by atoms with E-state index < -0.39 is 0 Å². The lowest BCUT2D eigenvalue weighted by molar-refractivity contribution is 0.280. The number of hydrogen-bond donors (Lipinski definition) is 1. The molecule has 0 amide bonds. The molecule has 0 spiro atoms. The molecule has 80 valence electrons. The molecule has 2 aliphatic rings. The molecule has 1 N–H and O–H groups in total. The second-order valence-corrected chi connectivity index (χ2v) is 5.22. The monoisotopic (exact) mass is 221 g/mol. The van der Waals surface area contributed by atoms with Crippen molar-refractivity contribution >= 4 is 17.3 Å². The van der Waals surface area contributed by atoms with Gasteiger partial charge in [0.1, 0.15) is 0 Å². The summed E-state index contributed by atoms with van der Waals surface area (Å²) in [5.41, 5.74) is 2.62. The van der Waals surface area contributed by atoms with Crippen molar-refractivity contribution in [1.82, 2.24) is 0 Å². The summed E-state index contributed by atoms with van der Waals surface area (Å²) in [6.07, 6.45) is 5.66. The first kappa shape index (κ1) is 9.53. The molecule has 0 bridgehead atoms. The molecular formula is C13H16ClN. The van der Waals surface area contributed by atoms with Crippen molar-refractivity contribution in [2.75, 3.05) is 11.9 Å². The van der Waals surface area contributed by atoms with Crippen LogP contribution in [0.2, 0.25) is 5.02 Å². The molecular weight excluding hydrogens is 206 g/mol.